The quantitative estimate of drug-likeness (QED) is 0.336. The summed E-state index contributed by atoms with van der Waals surface area (Å²) < 4.78 is 4.71. The zero-order valence-corrected chi connectivity index (χ0v) is 12.7. The monoisotopic (exact) mass is 285 g/mol. The number of nitrogens with zero attached hydrogens (tertiary/aromatic N) is 2. The fourth-order valence-electron chi connectivity index (χ4n) is 3.76. The second-order valence-corrected chi connectivity index (χ2v) is 6.64. The highest BCUT2D eigenvalue weighted by molar-refractivity contribution is 6.13. The minimum atomic E-state index is -0.0385. The molecule has 2 aromatic heterocycles. The topological polar surface area (TPSA) is 8.29 Å². The number of para-hydroxylation sites is 1. The Bertz CT molecular complexity index is 1100. The summed E-state index contributed by atoms with van der Waals surface area (Å²) in [7, 11) is 0. The third-order valence-corrected chi connectivity index (χ3v) is 4.89. The molecule has 2 nitrogen and oxygen atoms in total. The third-order valence-electron chi connectivity index (χ3n) is 4.89. The van der Waals surface area contributed by atoms with Gasteiger partial charge in [0.15, 0.2) is 0 Å². The fraction of sp³-hybridized carbons (Fsp3) is 0.150. The van der Waals surface area contributed by atoms with Gasteiger partial charge in [-0.2, -0.15) is 4.40 Å². The van der Waals surface area contributed by atoms with Gasteiger partial charge in [-0.05, 0) is 31.6 Å². The van der Waals surface area contributed by atoms with Crippen LogP contribution in [-0.4, -0.2) is 4.40 Å². The van der Waals surface area contributed by atoms with Crippen LogP contribution in [0.15, 0.2) is 60.9 Å². The lowest BCUT2D eigenvalue weighted by molar-refractivity contribution is -0.720. The molecule has 1 aliphatic rings. The smallest absolute Gasteiger partial charge is 0.221 e. The van der Waals surface area contributed by atoms with Crippen molar-refractivity contribution < 1.29 is 4.57 Å². The summed E-state index contributed by atoms with van der Waals surface area (Å²) in [5.74, 6) is 0. The number of pyridine rings is 1. The van der Waals surface area contributed by atoms with E-state index in [1.165, 1.54) is 32.9 Å². The van der Waals surface area contributed by atoms with Crippen LogP contribution in [0.4, 0.5) is 0 Å². The average Bonchev–Trinajstić information content (AvgIpc) is 2.95. The first-order valence-electron chi connectivity index (χ1n) is 7.73. The van der Waals surface area contributed by atoms with E-state index in [1.54, 1.807) is 0 Å². The Kier molecular flexibility index (Phi) is 2.06. The summed E-state index contributed by atoms with van der Waals surface area (Å²) in [6, 6.07) is 15.3. The molecule has 5 rings (SSSR count). The molecule has 0 fully saturated rings. The van der Waals surface area contributed by atoms with Gasteiger partial charge in [0, 0.05) is 10.8 Å². The molecule has 4 aromatic rings. The Hall–Kier alpha value is -2.61. The zero-order valence-electron chi connectivity index (χ0n) is 12.7. The van der Waals surface area contributed by atoms with Gasteiger partial charge in [0.2, 0.25) is 0 Å². The van der Waals surface area contributed by atoms with Crippen molar-refractivity contribution in [2.45, 2.75) is 19.4 Å². The molecule has 0 bridgehead atoms. The molecule has 3 heterocycles. The maximum atomic E-state index is 2.38. The molecule has 22 heavy (non-hydrogen) atoms. The molecule has 0 saturated carbocycles. The molecule has 0 unspecified atom stereocenters. The van der Waals surface area contributed by atoms with E-state index in [0.29, 0.717) is 0 Å². The van der Waals surface area contributed by atoms with Gasteiger partial charge < -0.3 is 0 Å². The first-order chi connectivity index (χ1) is 10.7. The maximum absolute atomic E-state index is 2.38. The Morgan fingerprint density at radius 2 is 1.77 bits per heavy atom. The number of hydrogen-bond acceptors (Lipinski definition) is 0. The summed E-state index contributed by atoms with van der Waals surface area (Å²) in [5.41, 5.74) is 3.80. The Labute approximate surface area is 128 Å². The highest BCUT2D eigenvalue weighted by Gasteiger charge is 2.31. The zero-order chi connectivity index (χ0) is 14.9. The summed E-state index contributed by atoms with van der Waals surface area (Å²) >= 11 is 0. The molecule has 0 amide bonds. The Morgan fingerprint density at radius 1 is 0.955 bits per heavy atom. The number of rotatable bonds is 0. The molecule has 0 N–H and O–H groups in total. The highest BCUT2D eigenvalue weighted by atomic mass is 15.1. The van der Waals surface area contributed by atoms with Crippen LogP contribution in [0.2, 0.25) is 0 Å². The van der Waals surface area contributed by atoms with Gasteiger partial charge in [0.05, 0.1) is 5.39 Å². The van der Waals surface area contributed by atoms with Crippen molar-refractivity contribution in [3.05, 3.63) is 66.5 Å². The standard InChI is InChI=1S/C20H17N2/c1-20(2)11-10-14-6-5-8-16-15-7-3-4-9-17(15)21-12-13-22(20)19(21)18(14)16/h3-13H,1-2H3/q+1. The second kappa shape index (κ2) is 3.77. The summed E-state index contributed by atoms with van der Waals surface area (Å²) in [5, 5.41) is 3.98. The van der Waals surface area contributed by atoms with E-state index < -0.39 is 0 Å². The van der Waals surface area contributed by atoms with Crippen LogP contribution >= 0.6 is 0 Å². The summed E-state index contributed by atoms with van der Waals surface area (Å²) in [6.07, 6.45) is 8.96. The van der Waals surface area contributed by atoms with Crippen molar-refractivity contribution in [3.63, 3.8) is 0 Å². The van der Waals surface area contributed by atoms with E-state index in [0.717, 1.165) is 0 Å². The molecule has 0 aliphatic carbocycles. The number of imidazole rings is 1. The lowest BCUT2D eigenvalue weighted by Crippen LogP contribution is -2.49. The van der Waals surface area contributed by atoms with Crippen LogP contribution in [-0.2, 0) is 5.54 Å². The number of fused-ring (bicyclic) bond motifs is 3. The lowest BCUT2D eigenvalue weighted by atomic mass is 10.0. The van der Waals surface area contributed by atoms with Crippen molar-refractivity contribution in [2.24, 2.45) is 0 Å². The van der Waals surface area contributed by atoms with E-state index in [-0.39, 0.29) is 5.54 Å². The van der Waals surface area contributed by atoms with Crippen LogP contribution in [0.3, 0.4) is 0 Å². The molecular weight excluding hydrogens is 268 g/mol. The first-order valence-corrected chi connectivity index (χ1v) is 7.73. The first kappa shape index (κ1) is 12.0. The average molecular weight is 285 g/mol. The maximum Gasteiger partial charge on any atom is 0.296 e. The number of hydrogen-bond donors (Lipinski definition) is 0. The molecular formula is C20H17N2+. The van der Waals surface area contributed by atoms with Crippen molar-refractivity contribution in [2.75, 3.05) is 0 Å². The Morgan fingerprint density at radius 3 is 2.68 bits per heavy atom. The number of benzene rings is 2. The predicted octanol–water partition coefficient (Wildman–Crippen LogP) is 4.30. The lowest BCUT2D eigenvalue weighted by Gasteiger charge is -2.16. The van der Waals surface area contributed by atoms with Gasteiger partial charge >= 0.3 is 0 Å². The molecule has 2 aromatic carbocycles. The van der Waals surface area contributed by atoms with Crippen LogP contribution in [0.1, 0.15) is 19.4 Å². The summed E-state index contributed by atoms with van der Waals surface area (Å²) in [4.78, 5) is 0. The molecule has 0 radical (unpaired) electrons. The number of aromatic nitrogens is 2. The minimum absolute atomic E-state index is 0.0385. The third kappa shape index (κ3) is 1.32. The minimum Gasteiger partial charge on any atom is -0.221 e. The van der Waals surface area contributed by atoms with Gasteiger partial charge in [-0.1, -0.05) is 42.5 Å². The fourth-order valence-corrected chi connectivity index (χ4v) is 3.76. The SMILES string of the molecule is CC1(C)C=Cc2cccc3c4ccccc4n4cc[n+]1c4c23. The normalized spacial score (nSPS) is 15.9. The molecule has 0 saturated heterocycles. The largest absolute Gasteiger partial charge is 0.296 e. The number of allylic oxidation sites excluding steroid dienone is 1. The highest BCUT2D eigenvalue weighted by Crippen LogP contribution is 2.34. The molecule has 2 heteroatoms. The van der Waals surface area contributed by atoms with Crippen molar-refractivity contribution in [1.29, 1.82) is 0 Å². The van der Waals surface area contributed by atoms with Crippen LogP contribution in [0.5, 0.6) is 0 Å². The van der Waals surface area contributed by atoms with E-state index in [4.69, 9.17) is 0 Å². The molecule has 106 valence electrons. The molecule has 0 spiro atoms. The Balaban J connectivity index is 2.22. The summed E-state index contributed by atoms with van der Waals surface area (Å²) in [6.45, 7) is 4.52. The van der Waals surface area contributed by atoms with Crippen molar-refractivity contribution >= 4 is 33.4 Å². The van der Waals surface area contributed by atoms with Crippen molar-refractivity contribution in [3.8, 4) is 0 Å². The van der Waals surface area contributed by atoms with Crippen LogP contribution < -0.4 is 4.57 Å². The van der Waals surface area contributed by atoms with Gasteiger partial charge in [-0.3, -0.25) is 0 Å². The van der Waals surface area contributed by atoms with Gasteiger partial charge in [0.1, 0.15) is 23.4 Å². The van der Waals surface area contributed by atoms with E-state index in [2.05, 4.69) is 89.8 Å². The van der Waals surface area contributed by atoms with Crippen molar-refractivity contribution in [1.82, 2.24) is 4.40 Å². The van der Waals surface area contributed by atoms with Gasteiger partial charge in [-0.15, -0.1) is 0 Å². The molecule has 0 atom stereocenters. The van der Waals surface area contributed by atoms with Crippen LogP contribution in [0, 0.1) is 0 Å². The van der Waals surface area contributed by atoms with Gasteiger partial charge in [0.25, 0.3) is 5.65 Å². The van der Waals surface area contributed by atoms with E-state index in [9.17, 15) is 0 Å². The molecule has 1 aliphatic heterocycles. The van der Waals surface area contributed by atoms with E-state index >= 15 is 0 Å². The van der Waals surface area contributed by atoms with Crippen LogP contribution in [0.25, 0.3) is 33.4 Å². The van der Waals surface area contributed by atoms with E-state index in [1.807, 2.05) is 0 Å². The second-order valence-electron chi connectivity index (χ2n) is 6.64. The van der Waals surface area contributed by atoms with Gasteiger partial charge in [-0.25, -0.2) is 4.57 Å². The predicted molar refractivity (Wildman–Crippen MR) is 91.0 cm³/mol.